The first-order valence-corrected chi connectivity index (χ1v) is 12.9. The van der Waals surface area contributed by atoms with Crippen molar-refractivity contribution in [1.29, 1.82) is 0 Å². The van der Waals surface area contributed by atoms with Crippen molar-refractivity contribution in [1.82, 2.24) is 0 Å². The van der Waals surface area contributed by atoms with Gasteiger partial charge in [0.15, 0.2) is 0 Å². The fraction of sp³-hybridized carbons (Fsp3) is 0.880. The molecule has 0 rings (SSSR count). The molecule has 0 aromatic rings. The van der Waals surface area contributed by atoms with Crippen molar-refractivity contribution in [3.05, 3.63) is 12.2 Å². The van der Waals surface area contributed by atoms with Gasteiger partial charge in [-0.25, -0.2) is 0 Å². The summed E-state index contributed by atoms with van der Waals surface area (Å²) in [4.78, 5) is 11.3. The second kappa shape index (κ2) is 24.6. The summed E-state index contributed by atoms with van der Waals surface area (Å²) in [5, 5.41) is 0. The summed E-state index contributed by atoms with van der Waals surface area (Å²) in [7, 11) is 0. The van der Waals surface area contributed by atoms with E-state index >= 15 is 0 Å². The second-order valence-corrected chi connectivity index (χ2v) is 8.47. The average Bonchev–Trinajstić information content (AvgIpc) is 2.70. The van der Waals surface area contributed by atoms with Crippen molar-refractivity contribution < 1.29 is 9.53 Å². The molecule has 28 heavy (non-hydrogen) atoms. The second-order valence-electron chi connectivity index (χ2n) is 8.02. The molecule has 2 nitrogen and oxygen atoms in total. The zero-order chi connectivity index (χ0) is 20.5. The summed E-state index contributed by atoms with van der Waals surface area (Å²) >= 11 is 4.03. The third-order valence-electron chi connectivity index (χ3n) is 5.26. The van der Waals surface area contributed by atoms with Crippen molar-refractivity contribution in [2.45, 2.75) is 129 Å². The zero-order valence-corrected chi connectivity index (χ0v) is 19.7. The maximum atomic E-state index is 11.3. The van der Waals surface area contributed by atoms with Crippen LogP contribution >= 0.6 is 12.6 Å². The first-order valence-electron chi connectivity index (χ1n) is 12.2. The molecule has 0 aromatic heterocycles. The van der Waals surface area contributed by atoms with Crippen molar-refractivity contribution >= 4 is 18.6 Å². The number of allylic oxidation sites excluding steroid dienone is 2. The van der Waals surface area contributed by atoms with Gasteiger partial charge in [0.2, 0.25) is 0 Å². The Morgan fingerprint density at radius 2 is 1.11 bits per heavy atom. The van der Waals surface area contributed by atoms with Crippen LogP contribution in [0.25, 0.3) is 0 Å². The van der Waals surface area contributed by atoms with Crippen LogP contribution in [0.5, 0.6) is 0 Å². The van der Waals surface area contributed by atoms with E-state index in [-0.39, 0.29) is 5.97 Å². The molecular formula is C25H48O2S. The van der Waals surface area contributed by atoms with E-state index in [0.29, 0.717) is 18.8 Å². The van der Waals surface area contributed by atoms with E-state index in [1.54, 1.807) is 0 Å². The Labute approximate surface area is 181 Å². The first kappa shape index (κ1) is 27.6. The van der Waals surface area contributed by atoms with Crippen LogP contribution in [-0.2, 0) is 9.53 Å². The van der Waals surface area contributed by atoms with E-state index in [0.717, 1.165) is 12.8 Å². The minimum absolute atomic E-state index is 0.0612. The van der Waals surface area contributed by atoms with Gasteiger partial charge in [-0.15, -0.1) is 0 Å². The number of rotatable bonds is 22. The van der Waals surface area contributed by atoms with Crippen LogP contribution in [0.15, 0.2) is 12.2 Å². The maximum Gasteiger partial charge on any atom is 0.305 e. The van der Waals surface area contributed by atoms with Gasteiger partial charge in [-0.1, -0.05) is 109 Å². The molecule has 0 saturated carbocycles. The van der Waals surface area contributed by atoms with Gasteiger partial charge in [0.25, 0.3) is 0 Å². The molecule has 0 atom stereocenters. The van der Waals surface area contributed by atoms with Crippen LogP contribution in [-0.4, -0.2) is 18.3 Å². The highest BCUT2D eigenvalue weighted by Crippen LogP contribution is 2.14. The molecule has 0 aliphatic heterocycles. The summed E-state index contributed by atoms with van der Waals surface area (Å²) in [6, 6.07) is 0. The monoisotopic (exact) mass is 412 g/mol. The van der Waals surface area contributed by atoms with E-state index in [1.807, 2.05) is 0 Å². The largest absolute Gasteiger partial charge is 0.465 e. The Bertz CT molecular complexity index is 341. The molecule has 0 saturated heterocycles. The molecule has 0 bridgehead atoms. The predicted octanol–water partition coefficient (Wildman–Crippen LogP) is 8.45. The SMILES string of the molecule is CC/C=C/CCCCCCCCCCCCCCCCCCC(=O)OCCS. The highest BCUT2D eigenvalue weighted by atomic mass is 32.1. The number of unbranched alkanes of at least 4 members (excludes halogenated alkanes) is 16. The molecule has 0 spiro atoms. The standard InChI is InChI=1S/C25H48O2S/c1-2-3-4-5-6-7-8-9-10-11-12-13-14-15-16-17-18-19-20-21-22-25(26)27-23-24-28/h3-4,28H,2,5-24H2,1H3/b4-3+. The summed E-state index contributed by atoms with van der Waals surface area (Å²) < 4.78 is 5.01. The maximum absolute atomic E-state index is 11.3. The van der Waals surface area contributed by atoms with Crippen molar-refractivity contribution in [3.63, 3.8) is 0 Å². The molecule has 0 unspecified atom stereocenters. The molecule has 0 aliphatic carbocycles. The number of hydrogen-bond acceptors (Lipinski definition) is 3. The van der Waals surface area contributed by atoms with Crippen molar-refractivity contribution in [3.8, 4) is 0 Å². The molecule has 0 heterocycles. The fourth-order valence-electron chi connectivity index (χ4n) is 3.52. The number of esters is 1. The third kappa shape index (κ3) is 23.6. The summed E-state index contributed by atoms with van der Waals surface area (Å²) in [5.74, 6) is 0.553. The molecule has 0 fully saturated rings. The van der Waals surface area contributed by atoms with Gasteiger partial charge in [0, 0.05) is 12.2 Å². The van der Waals surface area contributed by atoms with Crippen molar-refractivity contribution in [2.24, 2.45) is 0 Å². The van der Waals surface area contributed by atoms with Crippen LogP contribution in [0, 0.1) is 0 Å². The third-order valence-corrected chi connectivity index (χ3v) is 5.44. The normalized spacial score (nSPS) is 11.4. The lowest BCUT2D eigenvalue weighted by atomic mass is 10.0. The van der Waals surface area contributed by atoms with Gasteiger partial charge in [0.1, 0.15) is 6.61 Å². The number of hydrogen-bond donors (Lipinski definition) is 1. The number of ether oxygens (including phenoxy) is 1. The molecule has 166 valence electrons. The predicted molar refractivity (Wildman–Crippen MR) is 127 cm³/mol. The lowest BCUT2D eigenvalue weighted by Crippen LogP contribution is -2.06. The first-order chi connectivity index (χ1) is 13.8. The van der Waals surface area contributed by atoms with E-state index in [9.17, 15) is 4.79 Å². The smallest absolute Gasteiger partial charge is 0.305 e. The Hall–Kier alpha value is -0.440. The Balaban J connectivity index is 3.07. The van der Waals surface area contributed by atoms with Crippen LogP contribution in [0.4, 0.5) is 0 Å². The van der Waals surface area contributed by atoms with Gasteiger partial charge < -0.3 is 4.74 Å². The van der Waals surface area contributed by atoms with Crippen LogP contribution in [0.2, 0.25) is 0 Å². The van der Waals surface area contributed by atoms with Gasteiger partial charge in [0.05, 0.1) is 0 Å². The summed E-state index contributed by atoms with van der Waals surface area (Å²) in [6.07, 6.45) is 29.3. The minimum Gasteiger partial charge on any atom is -0.465 e. The number of carbonyl (C=O) groups excluding carboxylic acids is 1. The quantitative estimate of drug-likeness (QED) is 0.0835. The van der Waals surface area contributed by atoms with E-state index in [2.05, 4.69) is 31.7 Å². The lowest BCUT2D eigenvalue weighted by molar-refractivity contribution is -0.143. The van der Waals surface area contributed by atoms with Gasteiger partial charge in [-0.05, 0) is 25.7 Å². The van der Waals surface area contributed by atoms with Crippen LogP contribution in [0.1, 0.15) is 129 Å². The van der Waals surface area contributed by atoms with Gasteiger partial charge in [-0.2, -0.15) is 12.6 Å². The van der Waals surface area contributed by atoms with Crippen LogP contribution in [0.3, 0.4) is 0 Å². The molecule has 0 radical (unpaired) electrons. The zero-order valence-electron chi connectivity index (χ0n) is 18.8. The molecule has 0 amide bonds. The van der Waals surface area contributed by atoms with Gasteiger partial charge >= 0.3 is 5.97 Å². The fourth-order valence-corrected chi connectivity index (χ4v) is 3.61. The average molecular weight is 413 g/mol. The van der Waals surface area contributed by atoms with E-state index in [4.69, 9.17) is 4.74 Å². The number of thiol groups is 1. The minimum atomic E-state index is -0.0612. The Morgan fingerprint density at radius 3 is 1.54 bits per heavy atom. The van der Waals surface area contributed by atoms with E-state index < -0.39 is 0 Å². The lowest BCUT2D eigenvalue weighted by Gasteiger charge is -2.04. The van der Waals surface area contributed by atoms with E-state index in [1.165, 1.54) is 103 Å². The topological polar surface area (TPSA) is 26.3 Å². The molecule has 0 N–H and O–H groups in total. The van der Waals surface area contributed by atoms with Crippen LogP contribution < -0.4 is 0 Å². The van der Waals surface area contributed by atoms with Crippen molar-refractivity contribution in [2.75, 3.05) is 12.4 Å². The summed E-state index contributed by atoms with van der Waals surface area (Å²) in [5.41, 5.74) is 0. The highest BCUT2D eigenvalue weighted by molar-refractivity contribution is 7.80. The van der Waals surface area contributed by atoms with Gasteiger partial charge in [-0.3, -0.25) is 4.79 Å². The Morgan fingerprint density at radius 1 is 0.679 bits per heavy atom. The molecular weight excluding hydrogens is 364 g/mol. The summed E-state index contributed by atoms with van der Waals surface area (Å²) in [6.45, 7) is 2.65. The molecule has 0 aliphatic rings. The highest BCUT2D eigenvalue weighted by Gasteiger charge is 2.01. The molecule has 0 aromatic carbocycles. The Kier molecular flexibility index (Phi) is 24.2. The molecule has 3 heteroatoms. The number of carbonyl (C=O) groups is 1.